The number of ether oxygens (including phenoxy) is 1. The third-order valence-electron chi connectivity index (χ3n) is 9.34. The summed E-state index contributed by atoms with van der Waals surface area (Å²) in [5.74, 6) is -0.454. The molecule has 8 nitrogen and oxygen atoms in total. The lowest BCUT2D eigenvalue weighted by Crippen LogP contribution is -2.57. The quantitative estimate of drug-likeness (QED) is 0.240. The lowest BCUT2D eigenvalue weighted by Gasteiger charge is -2.42. The predicted molar refractivity (Wildman–Crippen MR) is 179 cm³/mol. The zero-order valence-electron chi connectivity index (χ0n) is 25.5. The number of amides is 2. The molecule has 0 atom stereocenters. The Hall–Kier alpha value is -5.18. The molecule has 2 fully saturated rings. The van der Waals surface area contributed by atoms with Gasteiger partial charge in [0.2, 0.25) is 11.7 Å². The SMILES string of the molecule is CC(=O)N1/C(=C\c2cc(-c3ccc4ccccc4c3)c3cc(C(=O)N4CCN(C5COC5)CC4)ccc3n2)C(=O)c2ccccc21. The Balaban J connectivity index is 1.22. The summed E-state index contributed by atoms with van der Waals surface area (Å²) in [6.07, 6.45) is 1.69. The molecule has 8 heteroatoms. The van der Waals surface area contributed by atoms with Gasteiger partial charge in [0.1, 0.15) is 0 Å². The van der Waals surface area contributed by atoms with E-state index < -0.39 is 0 Å². The Kier molecular flexibility index (Phi) is 6.96. The number of ketones is 1. The van der Waals surface area contributed by atoms with Gasteiger partial charge in [0, 0.05) is 49.6 Å². The van der Waals surface area contributed by atoms with E-state index in [1.54, 1.807) is 24.3 Å². The number of allylic oxidation sites excluding steroid dienone is 1. The molecule has 3 aliphatic rings. The highest BCUT2D eigenvalue weighted by Crippen LogP contribution is 2.37. The van der Waals surface area contributed by atoms with Crippen LogP contribution < -0.4 is 4.90 Å². The van der Waals surface area contributed by atoms with Gasteiger partial charge in [0.25, 0.3) is 5.91 Å². The third-order valence-corrected chi connectivity index (χ3v) is 9.34. The topological polar surface area (TPSA) is 83.1 Å². The molecule has 8 rings (SSSR count). The smallest absolute Gasteiger partial charge is 0.253 e. The second kappa shape index (κ2) is 11.3. The van der Waals surface area contributed by atoms with E-state index in [0.717, 1.165) is 53.6 Å². The first-order chi connectivity index (χ1) is 22.4. The number of hydrogen-bond acceptors (Lipinski definition) is 6. The molecule has 0 unspecified atom stereocenters. The molecular weight excluding hydrogens is 576 g/mol. The molecular formula is C38H32N4O4. The van der Waals surface area contributed by atoms with Crippen LogP contribution in [0.4, 0.5) is 5.69 Å². The van der Waals surface area contributed by atoms with E-state index >= 15 is 0 Å². The van der Waals surface area contributed by atoms with Crippen LogP contribution >= 0.6 is 0 Å². The normalized spacial score (nSPS) is 17.9. The Bertz CT molecular complexity index is 2090. The molecule has 1 aromatic heterocycles. The third kappa shape index (κ3) is 4.87. The van der Waals surface area contributed by atoms with E-state index in [2.05, 4.69) is 35.2 Å². The number of benzene rings is 4. The van der Waals surface area contributed by atoms with Gasteiger partial charge in [-0.1, -0.05) is 48.5 Å². The summed E-state index contributed by atoms with van der Waals surface area (Å²) in [5.41, 5.74) is 5.06. The highest BCUT2D eigenvalue weighted by molar-refractivity contribution is 6.26. The van der Waals surface area contributed by atoms with Crippen molar-refractivity contribution in [3.8, 4) is 11.1 Å². The van der Waals surface area contributed by atoms with Crippen LogP contribution in [0.2, 0.25) is 0 Å². The maximum Gasteiger partial charge on any atom is 0.253 e. The fourth-order valence-electron chi connectivity index (χ4n) is 6.80. The maximum atomic E-state index is 13.7. The summed E-state index contributed by atoms with van der Waals surface area (Å²) in [5, 5.41) is 3.07. The maximum absolute atomic E-state index is 13.7. The molecule has 2 saturated heterocycles. The Morgan fingerprint density at radius 1 is 0.826 bits per heavy atom. The van der Waals surface area contributed by atoms with Gasteiger partial charge < -0.3 is 9.64 Å². The first-order valence-corrected chi connectivity index (χ1v) is 15.7. The number of hydrogen-bond donors (Lipinski definition) is 0. The molecule has 5 aromatic rings. The van der Waals surface area contributed by atoms with Gasteiger partial charge in [-0.2, -0.15) is 0 Å². The van der Waals surface area contributed by atoms with Crippen molar-refractivity contribution in [1.82, 2.24) is 14.8 Å². The van der Waals surface area contributed by atoms with E-state index in [4.69, 9.17) is 9.72 Å². The van der Waals surface area contributed by atoms with Crippen molar-refractivity contribution < 1.29 is 19.1 Å². The van der Waals surface area contributed by atoms with E-state index in [1.165, 1.54) is 11.8 Å². The number of fused-ring (bicyclic) bond motifs is 3. The molecule has 3 aliphatic heterocycles. The van der Waals surface area contributed by atoms with Crippen LogP contribution in [0.15, 0.2) is 96.7 Å². The summed E-state index contributed by atoms with van der Waals surface area (Å²) < 4.78 is 5.36. The summed E-state index contributed by atoms with van der Waals surface area (Å²) in [4.78, 5) is 50.7. The van der Waals surface area contributed by atoms with Gasteiger partial charge in [-0.15, -0.1) is 0 Å². The summed E-state index contributed by atoms with van der Waals surface area (Å²) in [7, 11) is 0. The lowest BCUT2D eigenvalue weighted by atomic mass is 9.96. The van der Waals surface area contributed by atoms with E-state index in [1.807, 2.05) is 47.4 Å². The number of rotatable bonds is 4. The number of anilines is 1. The monoisotopic (exact) mass is 608 g/mol. The van der Waals surface area contributed by atoms with Crippen LogP contribution in [0.25, 0.3) is 38.9 Å². The average Bonchev–Trinajstić information content (AvgIpc) is 3.34. The molecule has 0 aliphatic carbocycles. The molecule has 46 heavy (non-hydrogen) atoms. The van der Waals surface area contributed by atoms with Crippen LogP contribution in [0.1, 0.15) is 33.3 Å². The molecule has 0 saturated carbocycles. The number of para-hydroxylation sites is 1. The Morgan fingerprint density at radius 3 is 2.35 bits per heavy atom. The van der Waals surface area contributed by atoms with Crippen molar-refractivity contribution in [2.24, 2.45) is 0 Å². The van der Waals surface area contributed by atoms with Crippen LogP contribution in [-0.4, -0.2) is 77.8 Å². The minimum Gasteiger partial charge on any atom is -0.378 e. The van der Waals surface area contributed by atoms with Crippen LogP contribution in [0.3, 0.4) is 0 Å². The van der Waals surface area contributed by atoms with Gasteiger partial charge in [-0.25, -0.2) is 4.98 Å². The predicted octanol–water partition coefficient (Wildman–Crippen LogP) is 5.80. The van der Waals surface area contributed by atoms with Crippen LogP contribution in [-0.2, 0) is 9.53 Å². The molecule has 0 N–H and O–H groups in total. The number of carbonyl (C=O) groups excluding carboxylic acids is 3. The van der Waals surface area contributed by atoms with Gasteiger partial charge in [0.15, 0.2) is 0 Å². The largest absolute Gasteiger partial charge is 0.378 e. The molecule has 4 heterocycles. The number of Topliss-reactive ketones (excluding diaryl/α,β-unsaturated/α-hetero) is 1. The Morgan fingerprint density at radius 2 is 1.59 bits per heavy atom. The van der Waals surface area contributed by atoms with Crippen molar-refractivity contribution in [3.05, 3.63) is 114 Å². The standard InChI is InChI=1S/C38H32N4O4/c1-24(43)42-35-9-5-4-8-31(35)37(44)36(42)21-29-20-32(27-11-10-25-6-2-3-7-26(25)18-27)33-19-28(12-13-34(33)39-29)38(45)41-16-14-40(15-17-41)30-22-46-23-30/h2-13,18-21,30H,14-17,22-23H2,1H3/b36-21-. The molecule has 0 spiro atoms. The van der Waals surface area contributed by atoms with Crippen molar-refractivity contribution in [1.29, 1.82) is 0 Å². The molecule has 228 valence electrons. The zero-order chi connectivity index (χ0) is 31.4. The first-order valence-electron chi connectivity index (χ1n) is 15.7. The second-order valence-corrected chi connectivity index (χ2v) is 12.1. The zero-order valence-corrected chi connectivity index (χ0v) is 25.5. The molecule has 0 bridgehead atoms. The second-order valence-electron chi connectivity index (χ2n) is 12.1. The summed E-state index contributed by atoms with van der Waals surface area (Å²) >= 11 is 0. The molecule has 2 amide bonds. The van der Waals surface area contributed by atoms with E-state index in [-0.39, 0.29) is 23.3 Å². The highest BCUT2D eigenvalue weighted by Gasteiger charge is 2.35. The van der Waals surface area contributed by atoms with Crippen LogP contribution in [0, 0.1) is 0 Å². The van der Waals surface area contributed by atoms with Crippen molar-refractivity contribution in [2.45, 2.75) is 13.0 Å². The number of pyridine rings is 1. The number of nitrogens with zero attached hydrogens (tertiary/aromatic N) is 4. The first kappa shape index (κ1) is 28.3. The lowest BCUT2D eigenvalue weighted by molar-refractivity contribution is -0.116. The van der Waals surface area contributed by atoms with Gasteiger partial charge in [-0.05, 0) is 70.4 Å². The minimum absolute atomic E-state index is 0.00785. The van der Waals surface area contributed by atoms with E-state index in [9.17, 15) is 14.4 Å². The fraction of sp³-hybridized carbons (Fsp3) is 0.211. The minimum atomic E-state index is -0.245. The van der Waals surface area contributed by atoms with Gasteiger partial charge in [-0.3, -0.25) is 24.2 Å². The summed E-state index contributed by atoms with van der Waals surface area (Å²) in [6, 6.07) is 29.7. The average molecular weight is 609 g/mol. The van der Waals surface area contributed by atoms with Gasteiger partial charge >= 0.3 is 0 Å². The highest BCUT2D eigenvalue weighted by atomic mass is 16.5. The van der Waals surface area contributed by atoms with Crippen molar-refractivity contribution in [2.75, 3.05) is 44.3 Å². The van der Waals surface area contributed by atoms with E-state index in [0.29, 0.717) is 47.2 Å². The Labute approximate surface area is 266 Å². The van der Waals surface area contributed by atoms with Crippen molar-refractivity contribution >= 4 is 51.0 Å². The van der Waals surface area contributed by atoms with Crippen LogP contribution in [0.5, 0.6) is 0 Å². The fourth-order valence-corrected chi connectivity index (χ4v) is 6.80. The van der Waals surface area contributed by atoms with Crippen molar-refractivity contribution in [3.63, 3.8) is 0 Å². The number of aromatic nitrogens is 1. The van der Waals surface area contributed by atoms with Gasteiger partial charge in [0.05, 0.1) is 41.9 Å². The number of piperazine rings is 1. The number of carbonyl (C=O) groups is 3. The molecule has 4 aromatic carbocycles. The molecule has 0 radical (unpaired) electrons. The summed E-state index contributed by atoms with van der Waals surface area (Å²) in [6.45, 7) is 6.05.